The molecule has 0 saturated carbocycles. The molecule has 1 unspecified atom stereocenters. The number of fused-ring (bicyclic) bond motifs is 3. The lowest BCUT2D eigenvalue weighted by Gasteiger charge is -2.36. The fourth-order valence-corrected chi connectivity index (χ4v) is 4.43. The molecule has 22 heavy (non-hydrogen) atoms. The summed E-state index contributed by atoms with van der Waals surface area (Å²) >= 11 is 1.66. The molecule has 1 aliphatic heterocycles. The molecule has 1 saturated heterocycles. The van der Waals surface area contributed by atoms with Crippen LogP contribution in [0.25, 0.3) is 20.4 Å². The van der Waals surface area contributed by atoms with Crippen LogP contribution in [0.1, 0.15) is 25.7 Å². The van der Waals surface area contributed by atoms with Crippen molar-refractivity contribution in [3.63, 3.8) is 0 Å². The number of aliphatic hydroxyl groups excluding tert-OH is 1. The van der Waals surface area contributed by atoms with Crippen LogP contribution in [0.4, 0.5) is 5.82 Å². The van der Waals surface area contributed by atoms with Crippen LogP contribution >= 0.6 is 11.3 Å². The Morgan fingerprint density at radius 1 is 1.27 bits per heavy atom. The maximum atomic E-state index is 9.34. The Balaban J connectivity index is 1.86. The Morgan fingerprint density at radius 3 is 3.14 bits per heavy atom. The summed E-state index contributed by atoms with van der Waals surface area (Å²) < 4.78 is 1.11. The van der Waals surface area contributed by atoms with Gasteiger partial charge in [-0.3, -0.25) is 0 Å². The molecule has 1 atom stereocenters. The van der Waals surface area contributed by atoms with E-state index in [0.29, 0.717) is 6.04 Å². The molecular formula is C16H18N4OS. The Labute approximate surface area is 132 Å². The van der Waals surface area contributed by atoms with Crippen LogP contribution in [0.15, 0.2) is 24.7 Å². The lowest BCUT2D eigenvalue weighted by atomic mass is 9.99. The van der Waals surface area contributed by atoms with E-state index in [1.54, 1.807) is 17.7 Å². The second kappa shape index (κ2) is 5.78. The van der Waals surface area contributed by atoms with E-state index in [4.69, 9.17) is 0 Å². The molecule has 0 amide bonds. The second-order valence-electron chi connectivity index (χ2n) is 5.69. The Bertz CT molecular complexity index is 801. The standard InChI is InChI=1S/C16H18N4OS/c21-9-6-11-4-1-2-8-20(11)15-14-13(18-10-19-15)12-5-3-7-17-16(12)22-14/h3,5,7,10-11,21H,1-2,4,6,8-9H2. The summed E-state index contributed by atoms with van der Waals surface area (Å²) in [6, 6.07) is 4.39. The van der Waals surface area contributed by atoms with Gasteiger partial charge in [0, 0.05) is 30.8 Å². The van der Waals surface area contributed by atoms with Crippen molar-refractivity contribution in [2.24, 2.45) is 0 Å². The van der Waals surface area contributed by atoms with Crippen LogP contribution in [0, 0.1) is 0 Å². The molecule has 3 aromatic heterocycles. The summed E-state index contributed by atoms with van der Waals surface area (Å²) in [7, 11) is 0. The number of hydrogen-bond donors (Lipinski definition) is 1. The Hall–Kier alpha value is -1.79. The first-order valence-electron chi connectivity index (χ1n) is 7.74. The highest BCUT2D eigenvalue weighted by molar-refractivity contribution is 7.25. The van der Waals surface area contributed by atoms with Crippen molar-refractivity contribution in [3.05, 3.63) is 24.7 Å². The number of piperidine rings is 1. The largest absolute Gasteiger partial charge is 0.396 e. The number of nitrogens with zero attached hydrogens (tertiary/aromatic N) is 4. The molecule has 114 valence electrons. The molecule has 4 heterocycles. The van der Waals surface area contributed by atoms with Gasteiger partial charge in [-0.05, 0) is 37.8 Å². The number of thiophene rings is 1. The zero-order valence-corrected chi connectivity index (χ0v) is 13.1. The molecule has 0 radical (unpaired) electrons. The monoisotopic (exact) mass is 314 g/mol. The summed E-state index contributed by atoms with van der Waals surface area (Å²) in [4.78, 5) is 16.9. The third kappa shape index (κ3) is 2.23. The fourth-order valence-electron chi connectivity index (χ4n) is 3.33. The van der Waals surface area contributed by atoms with Crippen LogP contribution in [-0.2, 0) is 0 Å². The highest BCUT2D eigenvalue weighted by atomic mass is 32.1. The molecule has 1 aliphatic rings. The third-order valence-electron chi connectivity index (χ3n) is 4.37. The average molecular weight is 314 g/mol. The summed E-state index contributed by atoms with van der Waals surface area (Å²) in [6.45, 7) is 1.22. The number of pyridine rings is 1. The van der Waals surface area contributed by atoms with Gasteiger partial charge in [-0.15, -0.1) is 11.3 Å². The lowest BCUT2D eigenvalue weighted by molar-refractivity contribution is 0.262. The van der Waals surface area contributed by atoms with Crippen LogP contribution in [0.2, 0.25) is 0 Å². The van der Waals surface area contributed by atoms with E-state index in [9.17, 15) is 5.11 Å². The second-order valence-corrected chi connectivity index (χ2v) is 6.69. The van der Waals surface area contributed by atoms with E-state index >= 15 is 0 Å². The maximum absolute atomic E-state index is 9.34. The van der Waals surface area contributed by atoms with Gasteiger partial charge in [0.15, 0.2) is 0 Å². The van der Waals surface area contributed by atoms with Crippen molar-refractivity contribution in [1.29, 1.82) is 0 Å². The SMILES string of the molecule is OCCC1CCCCN1c1ncnc2c1sc1ncccc12. The smallest absolute Gasteiger partial charge is 0.150 e. The molecule has 3 aromatic rings. The van der Waals surface area contributed by atoms with Gasteiger partial charge in [0.2, 0.25) is 0 Å². The van der Waals surface area contributed by atoms with Gasteiger partial charge in [0.05, 0.1) is 10.2 Å². The molecule has 0 aromatic carbocycles. The van der Waals surface area contributed by atoms with Gasteiger partial charge >= 0.3 is 0 Å². The highest BCUT2D eigenvalue weighted by Crippen LogP contribution is 2.38. The number of rotatable bonds is 3. The summed E-state index contributed by atoms with van der Waals surface area (Å²) in [5.41, 5.74) is 0.992. The molecular weight excluding hydrogens is 296 g/mol. The maximum Gasteiger partial charge on any atom is 0.150 e. The number of aromatic nitrogens is 3. The average Bonchev–Trinajstić information content (AvgIpc) is 2.94. The zero-order chi connectivity index (χ0) is 14.9. The minimum absolute atomic E-state index is 0.226. The van der Waals surface area contributed by atoms with Crippen molar-refractivity contribution in [2.75, 3.05) is 18.1 Å². The first-order chi connectivity index (χ1) is 10.9. The van der Waals surface area contributed by atoms with E-state index in [2.05, 4.69) is 25.9 Å². The highest BCUT2D eigenvalue weighted by Gasteiger charge is 2.26. The van der Waals surface area contributed by atoms with Gasteiger partial charge in [0.1, 0.15) is 17.0 Å². The minimum atomic E-state index is 0.226. The predicted molar refractivity (Wildman–Crippen MR) is 89.4 cm³/mol. The minimum Gasteiger partial charge on any atom is -0.396 e. The van der Waals surface area contributed by atoms with Crippen molar-refractivity contribution < 1.29 is 5.11 Å². The van der Waals surface area contributed by atoms with E-state index in [1.807, 2.05) is 12.3 Å². The summed E-state index contributed by atoms with van der Waals surface area (Å²) in [5, 5.41) is 10.4. The first kappa shape index (κ1) is 13.8. The molecule has 6 heteroatoms. The van der Waals surface area contributed by atoms with E-state index in [-0.39, 0.29) is 6.61 Å². The molecule has 0 bridgehead atoms. The van der Waals surface area contributed by atoms with E-state index in [1.165, 1.54) is 12.8 Å². The first-order valence-corrected chi connectivity index (χ1v) is 8.56. The van der Waals surface area contributed by atoms with Crippen LogP contribution < -0.4 is 4.90 Å². The lowest BCUT2D eigenvalue weighted by Crippen LogP contribution is -2.40. The quantitative estimate of drug-likeness (QED) is 0.805. The number of anilines is 1. The topological polar surface area (TPSA) is 62.1 Å². The van der Waals surface area contributed by atoms with Gasteiger partial charge in [-0.2, -0.15) is 0 Å². The zero-order valence-electron chi connectivity index (χ0n) is 12.3. The van der Waals surface area contributed by atoms with Crippen molar-refractivity contribution >= 4 is 37.6 Å². The molecule has 4 rings (SSSR count). The molecule has 0 aliphatic carbocycles. The predicted octanol–water partition coefficient (Wildman–Crippen LogP) is 2.98. The summed E-state index contributed by atoms with van der Waals surface area (Å²) in [6.07, 6.45) is 7.80. The number of hydrogen-bond acceptors (Lipinski definition) is 6. The van der Waals surface area contributed by atoms with Crippen molar-refractivity contribution in [1.82, 2.24) is 15.0 Å². The normalized spacial score (nSPS) is 19.1. The van der Waals surface area contributed by atoms with E-state index in [0.717, 1.165) is 45.6 Å². The van der Waals surface area contributed by atoms with Crippen LogP contribution in [0.5, 0.6) is 0 Å². The number of aliphatic hydroxyl groups is 1. The van der Waals surface area contributed by atoms with Crippen LogP contribution in [0.3, 0.4) is 0 Å². The van der Waals surface area contributed by atoms with E-state index < -0.39 is 0 Å². The third-order valence-corrected chi connectivity index (χ3v) is 5.47. The molecule has 1 fully saturated rings. The Kier molecular flexibility index (Phi) is 3.63. The van der Waals surface area contributed by atoms with Gasteiger partial charge < -0.3 is 10.0 Å². The molecule has 5 nitrogen and oxygen atoms in total. The molecule has 1 N–H and O–H groups in total. The Morgan fingerprint density at radius 2 is 2.23 bits per heavy atom. The van der Waals surface area contributed by atoms with Crippen LogP contribution in [-0.4, -0.2) is 39.3 Å². The van der Waals surface area contributed by atoms with Crippen molar-refractivity contribution in [3.8, 4) is 0 Å². The van der Waals surface area contributed by atoms with Gasteiger partial charge in [-0.25, -0.2) is 15.0 Å². The van der Waals surface area contributed by atoms with Crippen molar-refractivity contribution in [2.45, 2.75) is 31.7 Å². The van der Waals surface area contributed by atoms with Gasteiger partial charge in [0.25, 0.3) is 0 Å². The summed E-state index contributed by atoms with van der Waals surface area (Å²) in [5.74, 6) is 1.01. The molecule has 0 spiro atoms. The fraction of sp³-hybridized carbons (Fsp3) is 0.438. The van der Waals surface area contributed by atoms with Gasteiger partial charge in [-0.1, -0.05) is 0 Å².